The van der Waals surface area contributed by atoms with E-state index in [1.54, 1.807) is 0 Å². The summed E-state index contributed by atoms with van der Waals surface area (Å²) in [7, 11) is -3.74. The molecule has 0 unspecified atom stereocenters. The van der Waals surface area contributed by atoms with Crippen LogP contribution < -0.4 is 15.4 Å². The molecule has 0 aliphatic carbocycles. The van der Waals surface area contributed by atoms with Gasteiger partial charge in [0.15, 0.2) is 12.2 Å². The van der Waals surface area contributed by atoms with Crippen LogP contribution in [-0.4, -0.2) is 62.6 Å². The summed E-state index contributed by atoms with van der Waals surface area (Å²) in [5.41, 5.74) is 0. The smallest absolute Gasteiger partial charge is 0.336 e. The Kier molecular flexibility index (Phi) is 9.10. The summed E-state index contributed by atoms with van der Waals surface area (Å²) in [4.78, 5) is 35.3. The first kappa shape index (κ1) is 25.7. The van der Waals surface area contributed by atoms with E-state index in [0.717, 1.165) is 12.1 Å². The van der Waals surface area contributed by atoms with E-state index in [1.807, 2.05) is 13.8 Å². The van der Waals surface area contributed by atoms with Gasteiger partial charge >= 0.3 is 5.97 Å². The van der Waals surface area contributed by atoms with Gasteiger partial charge in [-0.2, -0.15) is 0 Å². The second-order valence-corrected chi connectivity index (χ2v) is 9.62. The Morgan fingerprint density at radius 3 is 2.28 bits per heavy atom. The monoisotopic (exact) mass is 473 g/mol. The van der Waals surface area contributed by atoms with E-state index in [1.165, 1.54) is 12.1 Å². The summed E-state index contributed by atoms with van der Waals surface area (Å²) < 4.78 is 44.4. The average molecular weight is 474 g/mol. The first-order valence-electron chi connectivity index (χ1n) is 10.2. The third kappa shape index (κ3) is 7.84. The fourth-order valence-electron chi connectivity index (χ4n) is 2.94. The van der Waals surface area contributed by atoms with Gasteiger partial charge in [-0.15, -0.1) is 0 Å². The molecule has 3 atom stereocenters. The zero-order valence-electron chi connectivity index (χ0n) is 17.8. The van der Waals surface area contributed by atoms with E-state index >= 15 is 0 Å². The second-order valence-electron chi connectivity index (χ2n) is 7.86. The van der Waals surface area contributed by atoms with Crippen molar-refractivity contribution in [3.8, 4) is 0 Å². The zero-order valence-corrected chi connectivity index (χ0v) is 18.7. The van der Waals surface area contributed by atoms with Crippen LogP contribution in [0.4, 0.5) is 4.39 Å². The number of epoxide rings is 1. The number of halogens is 1. The number of unbranched alkanes of at least 4 members (excludes halogenated alkanes) is 1. The van der Waals surface area contributed by atoms with E-state index in [2.05, 4.69) is 15.4 Å². The molecule has 1 heterocycles. The molecule has 1 aliphatic heterocycles. The summed E-state index contributed by atoms with van der Waals surface area (Å²) in [6, 6.07) is 3.64. The molecule has 0 saturated carbocycles. The van der Waals surface area contributed by atoms with E-state index in [9.17, 15) is 27.2 Å². The summed E-state index contributed by atoms with van der Waals surface area (Å²) in [6.07, 6.45) is -0.995. The molecule has 178 valence electrons. The van der Waals surface area contributed by atoms with Crippen LogP contribution >= 0.6 is 0 Å². The summed E-state index contributed by atoms with van der Waals surface area (Å²) in [5.74, 6) is -2.72. The molecule has 0 radical (unpaired) electrons. The lowest BCUT2D eigenvalue weighted by Crippen LogP contribution is -2.49. The average Bonchev–Trinajstić information content (AvgIpc) is 3.51. The highest BCUT2D eigenvalue weighted by Crippen LogP contribution is 2.22. The molecular weight excluding hydrogens is 445 g/mol. The zero-order chi connectivity index (χ0) is 23.9. The Labute approximate surface area is 186 Å². The standard InChI is InChI=1S/C20H28FN3O7S/c1-12(2)11-15(24-19(26)16-17(31-16)20(27)28)18(25)22-9-3-4-10-23-32(29,30)14-7-5-13(21)6-8-14/h5-8,12,15-17,23H,3-4,9-11H2,1-2H3,(H,22,25)(H,24,26)(H,27,28)/t15-,16-,17-/m0/s1. The maximum absolute atomic E-state index is 12.9. The van der Waals surface area contributed by atoms with E-state index < -0.39 is 51.9 Å². The first-order valence-corrected chi connectivity index (χ1v) is 11.7. The number of hydrogen-bond donors (Lipinski definition) is 4. The van der Waals surface area contributed by atoms with Crippen LogP contribution in [0.25, 0.3) is 0 Å². The fraction of sp³-hybridized carbons (Fsp3) is 0.550. The molecule has 12 heteroatoms. The molecule has 10 nitrogen and oxygen atoms in total. The van der Waals surface area contributed by atoms with Gasteiger partial charge in [0, 0.05) is 13.1 Å². The van der Waals surface area contributed by atoms with Crippen LogP contribution in [0.5, 0.6) is 0 Å². The van der Waals surface area contributed by atoms with Crippen molar-refractivity contribution in [2.24, 2.45) is 5.92 Å². The number of carboxylic acids is 1. The van der Waals surface area contributed by atoms with Crippen molar-refractivity contribution in [3.05, 3.63) is 30.1 Å². The van der Waals surface area contributed by atoms with Gasteiger partial charge in [0.25, 0.3) is 5.91 Å². The molecule has 1 aromatic carbocycles. The highest BCUT2D eigenvalue weighted by atomic mass is 32.2. The van der Waals surface area contributed by atoms with Gasteiger partial charge in [0.05, 0.1) is 4.90 Å². The van der Waals surface area contributed by atoms with Crippen molar-refractivity contribution in [2.45, 2.75) is 56.3 Å². The number of ether oxygens (including phenoxy) is 1. The number of carbonyl (C=O) groups excluding carboxylic acids is 2. The third-order valence-electron chi connectivity index (χ3n) is 4.65. The lowest BCUT2D eigenvalue weighted by Gasteiger charge is -2.20. The van der Waals surface area contributed by atoms with Crippen LogP contribution in [0.3, 0.4) is 0 Å². The number of benzene rings is 1. The Hall–Kier alpha value is -2.57. The maximum Gasteiger partial charge on any atom is 0.336 e. The van der Waals surface area contributed by atoms with Crippen LogP contribution in [0.1, 0.15) is 33.1 Å². The molecule has 1 fully saturated rings. The number of hydrogen-bond acceptors (Lipinski definition) is 6. The van der Waals surface area contributed by atoms with Gasteiger partial charge < -0.3 is 20.5 Å². The molecule has 0 bridgehead atoms. The number of carboxylic acid groups (broad SMARTS) is 1. The number of nitrogens with one attached hydrogen (secondary N) is 3. The van der Waals surface area contributed by atoms with Gasteiger partial charge in [-0.1, -0.05) is 13.8 Å². The SMILES string of the molecule is CC(C)C[C@H](NC(=O)[C@H]1O[C@@H]1C(=O)O)C(=O)NCCCCNS(=O)(=O)c1ccc(F)cc1. The van der Waals surface area contributed by atoms with Crippen LogP contribution in [0.2, 0.25) is 0 Å². The molecule has 0 aromatic heterocycles. The number of aliphatic carboxylic acids is 1. The van der Waals surface area contributed by atoms with Crippen molar-refractivity contribution in [3.63, 3.8) is 0 Å². The quantitative estimate of drug-likeness (QED) is 0.239. The largest absolute Gasteiger partial charge is 0.479 e. The minimum Gasteiger partial charge on any atom is -0.479 e. The predicted molar refractivity (Wildman–Crippen MR) is 112 cm³/mol. The number of rotatable bonds is 13. The topological polar surface area (TPSA) is 154 Å². The third-order valence-corrected chi connectivity index (χ3v) is 6.13. The molecule has 0 spiro atoms. The van der Waals surface area contributed by atoms with Crippen molar-refractivity contribution < 1.29 is 37.0 Å². The Morgan fingerprint density at radius 2 is 1.72 bits per heavy atom. The lowest BCUT2D eigenvalue weighted by atomic mass is 10.0. The molecule has 2 rings (SSSR count). The number of amides is 2. The molecule has 2 amide bonds. The Balaban J connectivity index is 1.72. The van der Waals surface area contributed by atoms with Gasteiger partial charge in [-0.25, -0.2) is 22.3 Å². The summed E-state index contributed by atoms with van der Waals surface area (Å²) >= 11 is 0. The molecule has 1 aliphatic rings. The van der Waals surface area contributed by atoms with Crippen LogP contribution in [0.15, 0.2) is 29.2 Å². The summed E-state index contributed by atoms with van der Waals surface area (Å²) in [5, 5.41) is 14.1. The Bertz CT molecular complexity index is 922. The van der Waals surface area contributed by atoms with Gasteiger partial charge in [-0.05, 0) is 49.4 Å². The minimum atomic E-state index is -3.74. The first-order chi connectivity index (χ1) is 15.0. The molecule has 4 N–H and O–H groups in total. The molecule has 1 aromatic rings. The minimum absolute atomic E-state index is 0.0377. The molecule has 1 saturated heterocycles. The van der Waals surface area contributed by atoms with Crippen LogP contribution in [0, 0.1) is 11.7 Å². The van der Waals surface area contributed by atoms with Crippen molar-refractivity contribution in [1.82, 2.24) is 15.4 Å². The van der Waals surface area contributed by atoms with Crippen molar-refractivity contribution in [1.29, 1.82) is 0 Å². The molecule has 32 heavy (non-hydrogen) atoms. The maximum atomic E-state index is 12.9. The van der Waals surface area contributed by atoms with Crippen molar-refractivity contribution >= 4 is 27.8 Å². The van der Waals surface area contributed by atoms with Gasteiger partial charge in [-0.3, -0.25) is 9.59 Å². The number of carbonyl (C=O) groups is 3. The van der Waals surface area contributed by atoms with Crippen molar-refractivity contribution in [2.75, 3.05) is 13.1 Å². The predicted octanol–water partition coefficient (Wildman–Crippen LogP) is 0.383. The highest BCUT2D eigenvalue weighted by molar-refractivity contribution is 7.89. The fourth-order valence-corrected chi connectivity index (χ4v) is 4.02. The molecular formula is C20H28FN3O7S. The van der Waals surface area contributed by atoms with Gasteiger partial charge in [0.1, 0.15) is 11.9 Å². The Morgan fingerprint density at radius 1 is 1.09 bits per heavy atom. The second kappa shape index (κ2) is 11.3. The summed E-state index contributed by atoms with van der Waals surface area (Å²) in [6.45, 7) is 4.16. The van der Waals surface area contributed by atoms with E-state index in [4.69, 9.17) is 9.84 Å². The van der Waals surface area contributed by atoms with Crippen LogP contribution in [-0.2, 0) is 29.1 Å². The van der Waals surface area contributed by atoms with E-state index in [0.29, 0.717) is 19.3 Å². The normalized spacial score (nSPS) is 18.8. The lowest BCUT2D eigenvalue weighted by molar-refractivity contribution is -0.138. The number of sulfonamides is 1. The van der Waals surface area contributed by atoms with Gasteiger partial charge in [0.2, 0.25) is 15.9 Å². The highest BCUT2D eigenvalue weighted by Gasteiger charge is 2.51. The van der Waals surface area contributed by atoms with E-state index in [-0.39, 0.29) is 23.9 Å².